The van der Waals surface area contributed by atoms with Crippen LogP contribution in [0, 0.1) is 11.5 Å². The van der Waals surface area contributed by atoms with E-state index >= 15 is 0 Å². The van der Waals surface area contributed by atoms with Gasteiger partial charge in [-0.25, -0.2) is 5.57 Å². The summed E-state index contributed by atoms with van der Waals surface area (Å²) in [4.78, 5) is 0. The van der Waals surface area contributed by atoms with Crippen LogP contribution in [0.1, 0.15) is 34.6 Å². The number of allylic oxidation sites excluding steroid dienone is 4. The third-order valence-corrected chi connectivity index (χ3v) is 2.56. The molecule has 0 fully saturated rings. The van der Waals surface area contributed by atoms with Gasteiger partial charge in [0.25, 0.3) is 0 Å². The normalized spacial score (nSPS) is 18.1. The zero-order valence-electron chi connectivity index (χ0n) is 8.61. The van der Waals surface area contributed by atoms with Crippen molar-refractivity contribution < 1.29 is 28.9 Å². The van der Waals surface area contributed by atoms with Gasteiger partial charge in [0.1, 0.15) is 0 Å². The van der Waals surface area contributed by atoms with Gasteiger partial charge in [-0.05, 0) is 0 Å². The first-order valence-electron chi connectivity index (χ1n) is 3.75. The largest absolute Gasteiger partial charge is 3.00 e. The summed E-state index contributed by atoms with van der Waals surface area (Å²) >= 11 is 0. The fourth-order valence-corrected chi connectivity index (χ4v) is 1.41. The molecule has 1 aliphatic rings. The van der Waals surface area contributed by atoms with Crippen LogP contribution in [0.25, 0.3) is 0 Å². The Morgan fingerprint density at radius 1 is 1.00 bits per heavy atom. The van der Waals surface area contributed by atoms with Crippen molar-refractivity contribution in [1.82, 2.24) is 0 Å². The van der Waals surface area contributed by atoms with Crippen molar-refractivity contribution in [3.8, 4) is 0 Å². The van der Waals surface area contributed by atoms with Crippen molar-refractivity contribution in [2.45, 2.75) is 34.6 Å². The molecule has 0 amide bonds. The zero-order valence-corrected chi connectivity index (χ0v) is 10.3. The van der Waals surface area contributed by atoms with E-state index < -0.39 is 0 Å². The smallest absolute Gasteiger partial charge is 1.00 e. The molecule has 0 spiro atoms. The van der Waals surface area contributed by atoms with Crippen LogP contribution < -0.4 is 9.41 Å². The van der Waals surface area contributed by atoms with E-state index in [1.807, 2.05) is 0 Å². The van der Waals surface area contributed by atoms with Gasteiger partial charge in [0, 0.05) is 0 Å². The summed E-state index contributed by atoms with van der Waals surface area (Å²) in [5, 5.41) is 0. The minimum Gasteiger partial charge on any atom is -1.00 e. The van der Waals surface area contributed by atoms with Crippen molar-refractivity contribution in [2.24, 2.45) is 5.41 Å². The van der Waals surface area contributed by atoms with Crippen LogP contribution >= 0.6 is 0 Å². The maximum atomic E-state index is 3.44. The molecule has 0 aromatic heterocycles. The van der Waals surface area contributed by atoms with Crippen LogP contribution in [-0.2, 0) is 19.5 Å². The Balaban J connectivity index is -0.000000333. The summed E-state index contributed by atoms with van der Waals surface area (Å²) in [6.07, 6.45) is 3.44. The number of halogens is 2. The molecule has 13 heavy (non-hydrogen) atoms. The average Bonchev–Trinajstić information content (AvgIpc) is 1.95. The van der Waals surface area contributed by atoms with Crippen LogP contribution in [-0.4, -0.2) is 0 Å². The van der Waals surface area contributed by atoms with E-state index in [1.165, 1.54) is 16.7 Å². The molecule has 0 nitrogen and oxygen atoms in total. The van der Waals surface area contributed by atoms with Gasteiger partial charge in [0.2, 0.25) is 0 Å². The molecule has 0 atom stereocenters. The molecule has 3 heteroatoms. The summed E-state index contributed by atoms with van der Waals surface area (Å²) < 4.78 is 0. The monoisotopic (exact) mass is 275 g/mol. The van der Waals surface area contributed by atoms with Gasteiger partial charge in [-0.1, -0.05) is 33.1 Å². The van der Waals surface area contributed by atoms with Gasteiger partial charge in [-0.2, -0.15) is 11.1 Å². The van der Waals surface area contributed by atoms with E-state index in [9.17, 15) is 0 Å². The molecule has 0 N–H and O–H groups in total. The van der Waals surface area contributed by atoms with E-state index in [2.05, 4.69) is 40.7 Å². The Labute approximate surface area is 92.0 Å². The van der Waals surface area contributed by atoms with E-state index in [0.29, 0.717) is 0 Å². The first-order valence-corrected chi connectivity index (χ1v) is 3.75. The van der Waals surface area contributed by atoms with E-state index in [1.54, 1.807) is 0 Å². The molecule has 1 rings (SSSR count). The van der Waals surface area contributed by atoms with E-state index in [4.69, 9.17) is 0 Å². The second kappa shape index (κ2) is 5.64. The van der Waals surface area contributed by atoms with Crippen molar-refractivity contribution in [1.29, 1.82) is 0 Å². The molecular weight excluding hydrogens is 259 g/mol. The SMILES string of the molecule is CC1=[C-]C(C)(C)C(C)=C1C.[F-].[F-].[Ru+3]. The van der Waals surface area contributed by atoms with Crippen LogP contribution in [0.5, 0.6) is 0 Å². The number of hydrogen-bond donors (Lipinski definition) is 0. The zero-order chi connectivity index (χ0) is 7.94. The fraction of sp³-hybridized carbons (Fsp3) is 0.600. The molecule has 0 heterocycles. The Bertz CT molecular complexity index is 227. The molecule has 77 valence electrons. The van der Waals surface area contributed by atoms with Crippen molar-refractivity contribution in [3.05, 3.63) is 22.8 Å². The fourth-order valence-electron chi connectivity index (χ4n) is 1.41. The quantitative estimate of drug-likeness (QED) is 0.329. The molecule has 0 saturated carbocycles. The predicted molar refractivity (Wildman–Crippen MR) is 44.6 cm³/mol. The van der Waals surface area contributed by atoms with Gasteiger partial charge in [0.05, 0.1) is 0 Å². The molecule has 1 aliphatic carbocycles. The maximum absolute atomic E-state index is 3.44. The first-order chi connectivity index (χ1) is 4.45. The van der Waals surface area contributed by atoms with Crippen LogP contribution in [0.4, 0.5) is 0 Å². The van der Waals surface area contributed by atoms with Crippen molar-refractivity contribution in [3.63, 3.8) is 0 Å². The minimum absolute atomic E-state index is 0. The van der Waals surface area contributed by atoms with Gasteiger partial charge >= 0.3 is 19.5 Å². The third kappa shape index (κ3) is 3.30. The summed E-state index contributed by atoms with van der Waals surface area (Å²) in [7, 11) is 0. The minimum atomic E-state index is 0. The molecule has 1 radical (unpaired) electrons. The Morgan fingerprint density at radius 3 is 1.46 bits per heavy atom. The van der Waals surface area contributed by atoms with Crippen LogP contribution in [0.2, 0.25) is 0 Å². The first kappa shape index (κ1) is 18.7. The van der Waals surface area contributed by atoms with Gasteiger partial charge in [-0.15, -0.1) is 6.92 Å². The summed E-state index contributed by atoms with van der Waals surface area (Å²) in [5.74, 6) is 0. The number of rotatable bonds is 0. The maximum Gasteiger partial charge on any atom is 3.00 e. The second-order valence-corrected chi connectivity index (χ2v) is 3.62. The summed E-state index contributed by atoms with van der Waals surface area (Å²) in [6, 6.07) is 0. The third-order valence-electron chi connectivity index (χ3n) is 2.56. The number of hydrogen-bond acceptors (Lipinski definition) is 0. The van der Waals surface area contributed by atoms with Gasteiger partial charge in [0.15, 0.2) is 0 Å². The molecule has 0 aromatic carbocycles. The second-order valence-electron chi connectivity index (χ2n) is 3.62. The van der Waals surface area contributed by atoms with Crippen LogP contribution in [0.15, 0.2) is 16.7 Å². The summed E-state index contributed by atoms with van der Waals surface area (Å²) in [6.45, 7) is 10.9. The Hall–Kier alpha value is -0.0366. The van der Waals surface area contributed by atoms with E-state index in [-0.39, 0.29) is 34.3 Å². The molecule has 0 unspecified atom stereocenters. The summed E-state index contributed by atoms with van der Waals surface area (Å²) in [5.41, 5.74) is 4.39. The molecule has 0 aromatic rings. The Kier molecular flexibility index (Phi) is 8.11. The molecule has 0 saturated heterocycles. The van der Waals surface area contributed by atoms with E-state index in [0.717, 1.165) is 0 Å². The van der Waals surface area contributed by atoms with Crippen LogP contribution in [0.3, 0.4) is 0 Å². The molecule has 0 bridgehead atoms. The van der Waals surface area contributed by atoms with Crippen molar-refractivity contribution >= 4 is 0 Å². The Morgan fingerprint density at radius 2 is 1.38 bits per heavy atom. The standard InChI is InChI=1S/C10H15.2FH.Ru/c1-7-6-10(4,5)9(3)8(7)2;;;/h1-5H3;2*1H;/q-1;;;+3/p-2. The average molecular weight is 274 g/mol. The molecular formula is C10H15F2Ru. The molecule has 0 aliphatic heterocycles. The van der Waals surface area contributed by atoms with Gasteiger partial charge < -0.3 is 9.41 Å². The van der Waals surface area contributed by atoms with Crippen molar-refractivity contribution in [2.75, 3.05) is 0 Å². The predicted octanol–water partition coefficient (Wildman–Crippen LogP) is -2.88. The van der Waals surface area contributed by atoms with Gasteiger partial charge in [-0.3, -0.25) is 6.08 Å². The topological polar surface area (TPSA) is 0 Å².